The molecule has 0 aliphatic heterocycles. The number of nitrogens with two attached hydrogens (primary N) is 1. The molecule has 0 aliphatic carbocycles. The van der Waals surface area contributed by atoms with Crippen molar-refractivity contribution in [3.63, 3.8) is 0 Å². The van der Waals surface area contributed by atoms with E-state index in [4.69, 9.17) is 5.73 Å². The fraction of sp³-hybridized carbons (Fsp3) is 0.214. The third-order valence-corrected chi connectivity index (χ3v) is 3.52. The molecule has 3 heteroatoms. The summed E-state index contributed by atoms with van der Waals surface area (Å²) >= 11 is 1.79. The van der Waals surface area contributed by atoms with Gasteiger partial charge in [0, 0.05) is 22.9 Å². The van der Waals surface area contributed by atoms with Crippen LogP contribution in [0.4, 0.5) is 0 Å². The van der Waals surface area contributed by atoms with Crippen molar-refractivity contribution in [2.24, 2.45) is 5.73 Å². The van der Waals surface area contributed by atoms with E-state index in [0.29, 0.717) is 0 Å². The van der Waals surface area contributed by atoms with Crippen LogP contribution in [0.3, 0.4) is 0 Å². The van der Waals surface area contributed by atoms with Crippen LogP contribution in [0.1, 0.15) is 24.2 Å². The smallest absolute Gasteiger partial charge is 0.0506 e. The molecule has 1 aromatic heterocycles. The maximum Gasteiger partial charge on any atom is 0.0506 e. The lowest BCUT2D eigenvalue weighted by atomic mass is 10.1. The van der Waals surface area contributed by atoms with Gasteiger partial charge in [0.1, 0.15) is 0 Å². The number of hydrogen-bond acceptors (Lipinski definition) is 3. The fourth-order valence-corrected chi connectivity index (χ4v) is 2.41. The van der Waals surface area contributed by atoms with Crippen LogP contribution in [-0.4, -0.2) is 4.98 Å². The van der Waals surface area contributed by atoms with Gasteiger partial charge in [0.25, 0.3) is 0 Å². The Kier molecular flexibility index (Phi) is 4.18. The van der Waals surface area contributed by atoms with Crippen LogP contribution in [0.15, 0.2) is 53.6 Å². The summed E-state index contributed by atoms with van der Waals surface area (Å²) in [5, 5.41) is 0. The number of pyridine rings is 1. The van der Waals surface area contributed by atoms with Crippen LogP contribution in [0.5, 0.6) is 0 Å². The van der Waals surface area contributed by atoms with Crippen LogP contribution in [-0.2, 0) is 5.75 Å². The first-order chi connectivity index (χ1) is 8.25. The topological polar surface area (TPSA) is 38.9 Å². The second kappa shape index (κ2) is 5.84. The second-order valence-electron chi connectivity index (χ2n) is 3.97. The summed E-state index contributed by atoms with van der Waals surface area (Å²) < 4.78 is 0. The number of benzene rings is 1. The number of hydrogen-bond donors (Lipinski definition) is 1. The van der Waals surface area contributed by atoms with E-state index in [9.17, 15) is 0 Å². The van der Waals surface area contributed by atoms with Crippen LogP contribution in [0.2, 0.25) is 0 Å². The molecule has 2 nitrogen and oxygen atoms in total. The Bertz CT molecular complexity index is 469. The summed E-state index contributed by atoms with van der Waals surface area (Å²) in [6.07, 6.45) is 1.83. The number of rotatable bonds is 4. The van der Waals surface area contributed by atoms with Gasteiger partial charge in [-0.1, -0.05) is 18.2 Å². The predicted molar refractivity (Wildman–Crippen MR) is 72.8 cm³/mol. The summed E-state index contributed by atoms with van der Waals surface area (Å²) in [5.41, 5.74) is 8.15. The highest BCUT2D eigenvalue weighted by Gasteiger charge is 2.01. The van der Waals surface area contributed by atoms with Crippen molar-refractivity contribution < 1.29 is 0 Å². The number of nitrogens with zero attached hydrogens (tertiary/aromatic N) is 1. The third kappa shape index (κ3) is 3.58. The highest BCUT2D eigenvalue weighted by Crippen LogP contribution is 2.24. The maximum atomic E-state index is 5.87. The van der Waals surface area contributed by atoms with Crippen LogP contribution in [0, 0.1) is 0 Å². The average molecular weight is 244 g/mol. The van der Waals surface area contributed by atoms with E-state index in [-0.39, 0.29) is 6.04 Å². The first kappa shape index (κ1) is 12.1. The second-order valence-corrected chi connectivity index (χ2v) is 5.02. The highest BCUT2D eigenvalue weighted by molar-refractivity contribution is 7.98. The molecule has 1 aromatic carbocycles. The SMILES string of the molecule is CC(N)c1cccc(SCc2ccccn2)c1. The minimum atomic E-state index is 0.0883. The molecule has 0 bridgehead atoms. The van der Waals surface area contributed by atoms with Crippen LogP contribution < -0.4 is 5.73 Å². The molecule has 0 spiro atoms. The van der Waals surface area contributed by atoms with Gasteiger partial charge in [-0.2, -0.15) is 0 Å². The van der Waals surface area contributed by atoms with E-state index >= 15 is 0 Å². The minimum Gasteiger partial charge on any atom is -0.324 e. The molecule has 1 unspecified atom stereocenters. The molecular weight excluding hydrogens is 228 g/mol. The van der Waals surface area contributed by atoms with Gasteiger partial charge in [0.15, 0.2) is 0 Å². The summed E-state index contributed by atoms with van der Waals surface area (Å²) in [4.78, 5) is 5.55. The molecule has 2 N–H and O–H groups in total. The molecule has 0 aliphatic rings. The monoisotopic (exact) mass is 244 g/mol. The molecule has 0 saturated carbocycles. The van der Waals surface area contributed by atoms with Crippen molar-refractivity contribution >= 4 is 11.8 Å². The lowest BCUT2D eigenvalue weighted by molar-refractivity contribution is 0.815. The summed E-state index contributed by atoms with van der Waals surface area (Å²) in [5.74, 6) is 0.892. The number of thioether (sulfide) groups is 1. The standard InChI is InChI=1S/C14H16N2S/c1-11(15)12-5-4-7-14(9-12)17-10-13-6-2-3-8-16-13/h2-9,11H,10,15H2,1H3. The van der Waals surface area contributed by atoms with Gasteiger partial charge in [-0.05, 0) is 36.8 Å². The first-order valence-corrected chi connectivity index (χ1v) is 6.62. The summed E-state index contributed by atoms with van der Waals surface area (Å²) in [6, 6.07) is 14.5. The lowest BCUT2D eigenvalue weighted by Gasteiger charge is -2.07. The Morgan fingerprint density at radius 3 is 2.82 bits per heavy atom. The zero-order valence-corrected chi connectivity index (χ0v) is 10.7. The molecule has 88 valence electrons. The Hall–Kier alpha value is -1.32. The largest absolute Gasteiger partial charge is 0.324 e. The van der Waals surface area contributed by atoms with Crippen molar-refractivity contribution in [3.05, 3.63) is 59.9 Å². The highest BCUT2D eigenvalue weighted by atomic mass is 32.2. The molecule has 0 radical (unpaired) electrons. The molecule has 0 fully saturated rings. The van der Waals surface area contributed by atoms with E-state index in [1.165, 1.54) is 10.5 Å². The van der Waals surface area contributed by atoms with Crippen LogP contribution >= 0.6 is 11.8 Å². The van der Waals surface area contributed by atoms with Crippen molar-refractivity contribution in [2.45, 2.75) is 23.6 Å². The molecule has 17 heavy (non-hydrogen) atoms. The van der Waals surface area contributed by atoms with Crippen LogP contribution in [0.25, 0.3) is 0 Å². The van der Waals surface area contributed by atoms with Gasteiger partial charge in [-0.3, -0.25) is 4.98 Å². The third-order valence-electron chi connectivity index (χ3n) is 2.50. The van der Waals surface area contributed by atoms with Gasteiger partial charge < -0.3 is 5.73 Å². The van der Waals surface area contributed by atoms with Crippen molar-refractivity contribution in [3.8, 4) is 0 Å². The molecule has 1 heterocycles. The maximum absolute atomic E-state index is 5.87. The normalized spacial score (nSPS) is 12.4. The first-order valence-electron chi connectivity index (χ1n) is 5.64. The van der Waals surface area contributed by atoms with E-state index in [2.05, 4.69) is 29.2 Å². The van der Waals surface area contributed by atoms with Gasteiger partial charge >= 0.3 is 0 Å². The van der Waals surface area contributed by atoms with Gasteiger partial charge in [0.05, 0.1) is 5.69 Å². The fourth-order valence-electron chi connectivity index (χ4n) is 1.53. The quantitative estimate of drug-likeness (QED) is 0.838. The van der Waals surface area contributed by atoms with E-state index < -0.39 is 0 Å². The van der Waals surface area contributed by atoms with E-state index in [1.54, 1.807) is 11.8 Å². The molecular formula is C14H16N2S. The van der Waals surface area contributed by atoms with E-state index in [1.807, 2.05) is 31.3 Å². The Labute approximate surface area is 106 Å². The summed E-state index contributed by atoms with van der Waals surface area (Å²) in [6.45, 7) is 2.00. The molecule has 0 amide bonds. The van der Waals surface area contributed by atoms with Crippen molar-refractivity contribution in [1.82, 2.24) is 4.98 Å². The molecule has 2 rings (SSSR count). The molecule has 0 saturated heterocycles. The lowest BCUT2D eigenvalue weighted by Crippen LogP contribution is -2.04. The predicted octanol–water partition coefficient (Wildman–Crippen LogP) is 3.39. The van der Waals surface area contributed by atoms with Crippen molar-refractivity contribution in [2.75, 3.05) is 0 Å². The van der Waals surface area contributed by atoms with Gasteiger partial charge in [-0.15, -0.1) is 11.8 Å². The number of aromatic nitrogens is 1. The minimum absolute atomic E-state index is 0.0883. The molecule has 2 aromatic rings. The Morgan fingerprint density at radius 1 is 1.24 bits per heavy atom. The average Bonchev–Trinajstić information content (AvgIpc) is 2.38. The van der Waals surface area contributed by atoms with E-state index in [0.717, 1.165) is 11.4 Å². The van der Waals surface area contributed by atoms with Gasteiger partial charge in [0.2, 0.25) is 0 Å². The Morgan fingerprint density at radius 2 is 2.12 bits per heavy atom. The zero-order chi connectivity index (χ0) is 12.1. The van der Waals surface area contributed by atoms with Gasteiger partial charge in [-0.25, -0.2) is 0 Å². The summed E-state index contributed by atoms with van der Waals surface area (Å²) in [7, 11) is 0. The Balaban J connectivity index is 2.02. The zero-order valence-electron chi connectivity index (χ0n) is 9.84. The molecule has 1 atom stereocenters. The van der Waals surface area contributed by atoms with Crippen molar-refractivity contribution in [1.29, 1.82) is 0 Å².